The molecule has 31 heavy (non-hydrogen) atoms. The molecule has 4 rings (SSSR count). The second-order valence-electron chi connectivity index (χ2n) is 8.90. The molecule has 0 bridgehead atoms. The van der Waals surface area contributed by atoms with Crippen LogP contribution in [0, 0.1) is 12.3 Å². The SMILES string of the molecule is CC(=O)NC(=N)c1c(N2CCC(NC3CCCC[C@@H]3O)CC2)nc2ccccc2c1C. The van der Waals surface area contributed by atoms with E-state index in [9.17, 15) is 9.90 Å². The lowest BCUT2D eigenvalue weighted by molar-refractivity contribution is -0.117. The van der Waals surface area contributed by atoms with Gasteiger partial charge in [0.25, 0.3) is 0 Å². The Bertz CT molecular complexity index is 968. The number of hydrogen-bond donors (Lipinski definition) is 4. The van der Waals surface area contributed by atoms with Gasteiger partial charge in [0.05, 0.1) is 17.2 Å². The molecule has 0 radical (unpaired) electrons. The van der Waals surface area contributed by atoms with Gasteiger partial charge in [-0.05, 0) is 44.2 Å². The number of anilines is 1. The number of aromatic nitrogens is 1. The highest BCUT2D eigenvalue weighted by Crippen LogP contribution is 2.30. The first-order valence-corrected chi connectivity index (χ1v) is 11.4. The molecular weight excluding hydrogens is 390 g/mol. The number of para-hydroxylation sites is 1. The summed E-state index contributed by atoms with van der Waals surface area (Å²) in [5, 5.41) is 26.2. The average molecular weight is 424 g/mol. The zero-order valence-corrected chi connectivity index (χ0v) is 18.4. The van der Waals surface area contributed by atoms with E-state index >= 15 is 0 Å². The van der Waals surface area contributed by atoms with Crippen molar-refractivity contribution in [2.75, 3.05) is 18.0 Å². The van der Waals surface area contributed by atoms with Crippen LogP contribution in [-0.4, -0.2) is 53.1 Å². The van der Waals surface area contributed by atoms with Crippen LogP contribution in [0.1, 0.15) is 56.6 Å². The van der Waals surface area contributed by atoms with E-state index in [1.165, 1.54) is 13.3 Å². The predicted octanol–water partition coefficient (Wildman–Crippen LogP) is 2.87. The zero-order valence-electron chi connectivity index (χ0n) is 18.4. The van der Waals surface area contributed by atoms with Gasteiger partial charge >= 0.3 is 0 Å². The second kappa shape index (κ2) is 9.32. The van der Waals surface area contributed by atoms with Crippen molar-refractivity contribution in [3.8, 4) is 0 Å². The molecule has 1 aliphatic heterocycles. The molecule has 7 nitrogen and oxygen atoms in total. The number of aliphatic hydroxyl groups excluding tert-OH is 1. The number of benzene rings is 1. The number of aryl methyl sites for hydroxylation is 1. The number of carbonyl (C=O) groups is 1. The molecule has 1 saturated carbocycles. The lowest BCUT2D eigenvalue weighted by Crippen LogP contribution is -2.51. The zero-order chi connectivity index (χ0) is 22.0. The number of nitrogens with one attached hydrogen (secondary N) is 3. The van der Waals surface area contributed by atoms with Crippen molar-refractivity contribution >= 4 is 28.5 Å². The van der Waals surface area contributed by atoms with Crippen molar-refractivity contribution in [1.82, 2.24) is 15.6 Å². The number of hydrogen-bond acceptors (Lipinski definition) is 6. The summed E-state index contributed by atoms with van der Waals surface area (Å²) in [6.45, 7) is 5.07. The summed E-state index contributed by atoms with van der Waals surface area (Å²) in [7, 11) is 0. The minimum atomic E-state index is -0.252. The minimum Gasteiger partial charge on any atom is -0.392 e. The monoisotopic (exact) mass is 423 g/mol. The highest BCUT2D eigenvalue weighted by molar-refractivity contribution is 6.11. The highest BCUT2D eigenvalue weighted by atomic mass is 16.3. The van der Waals surface area contributed by atoms with E-state index in [2.05, 4.69) is 15.5 Å². The Morgan fingerprint density at radius 2 is 1.87 bits per heavy atom. The maximum absolute atomic E-state index is 11.6. The van der Waals surface area contributed by atoms with E-state index in [0.29, 0.717) is 11.6 Å². The summed E-state index contributed by atoms with van der Waals surface area (Å²) in [6.07, 6.45) is 5.93. The highest BCUT2D eigenvalue weighted by Gasteiger charge is 2.29. The van der Waals surface area contributed by atoms with Gasteiger partial charge < -0.3 is 20.6 Å². The fraction of sp³-hybridized carbons (Fsp3) is 0.542. The summed E-state index contributed by atoms with van der Waals surface area (Å²) in [5.74, 6) is 0.618. The van der Waals surface area contributed by atoms with Gasteiger partial charge in [-0.15, -0.1) is 0 Å². The molecule has 1 saturated heterocycles. The maximum atomic E-state index is 11.6. The fourth-order valence-electron chi connectivity index (χ4n) is 4.99. The second-order valence-corrected chi connectivity index (χ2v) is 8.90. The molecule has 2 atom stereocenters. The van der Waals surface area contributed by atoms with Crippen LogP contribution >= 0.6 is 0 Å². The normalized spacial score (nSPS) is 22.5. The van der Waals surface area contributed by atoms with Gasteiger partial charge in [-0.25, -0.2) is 4.98 Å². The summed E-state index contributed by atoms with van der Waals surface area (Å²) in [4.78, 5) is 18.8. The Hall–Kier alpha value is -2.51. The van der Waals surface area contributed by atoms with Crippen molar-refractivity contribution in [3.05, 3.63) is 35.4 Å². The molecule has 166 valence electrons. The van der Waals surface area contributed by atoms with Crippen LogP contribution in [0.15, 0.2) is 24.3 Å². The van der Waals surface area contributed by atoms with E-state index in [1.54, 1.807) is 0 Å². The van der Waals surface area contributed by atoms with Gasteiger partial charge in [0.15, 0.2) is 0 Å². The van der Waals surface area contributed by atoms with Gasteiger partial charge in [0, 0.05) is 37.5 Å². The third kappa shape index (κ3) is 4.72. The smallest absolute Gasteiger partial charge is 0.222 e. The van der Waals surface area contributed by atoms with Crippen LogP contribution in [0.2, 0.25) is 0 Å². The largest absolute Gasteiger partial charge is 0.392 e. The van der Waals surface area contributed by atoms with Gasteiger partial charge in [-0.3, -0.25) is 10.2 Å². The Labute approximate surface area is 183 Å². The Kier molecular flexibility index (Phi) is 6.53. The van der Waals surface area contributed by atoms with Crippen molar-refractivity contribution in [2.24, 2.45) is 0 Å². The third-order valence-electron chi connectivity index (χ3n) is 6.66. The maximum Gasteiger partial charge on any atom is 0.222 e. The first kappa shape index (κ1) is 21.7. The third-order valence-corrected chi connectivity index (χ3v) is 6.66. The fourth-order valence-corrected chi connectivity index (χ4v) is 4.99. The van der Waals surface area contributed by atoms with Gasteiger partial charge in [0.1, 0.15) is 11.7 Å². The number of aliphatic hydroxyl groups is 1. The summed E-state index contributed by atoms with van der Waals surface area (Å²) >= 11 is 0. The van der Waals surface area contributed by atoms with E-state index < -0.39 is 0 Å². The van der Waals surface area contributed by atoms with E-state index in [-0.39, 0.29) is 23.9 Å². The van der Waals surface area contributed by atoms with Crippen LogP contribution in [0.3, 0.4) is 0 Å². The first-order valence-electron chi connectivity index (χ1n) is 11.4. The molecule has 7 heteroatoms. The molecule has 2 aromatic rings. The molecule has 4 N–H and O–H groups in total. The summed E-state index contributed by atoms with van der Waals surface area (Å²) < 4.78 is 0. The van der Waals surface area contributed by atoms with Crippen LogP contribution in [0.25, 0.3) is 10.9 Å². The molecule has 1 aromatic carbocycles. The molecular formula is C24H33N5O2. The molecule has 1 amide bonds. The van der Waals surface area contributed by atoms with Gasteiger partial charge in [-0.1, -0.05) is 31.0 Å². The molecule has 2 fully saturated rings. The van der Waals surface area contributed by atoms with Crippen LogP contribution in [-0.2, 0) is 4.79 Å². The lowest BCUT2D eigenvalue weighted by atomic mass is 9.91. The Balaban J connectivity index is 1.56. The van der Waals surface area contributed by atoms with Crippen molar-refractivity contribution in [1.29, 1.82) is 5.41 Å². The number of carbonyl (C=O) groups excluding carboxylic acids is 1. The first-order chi connectivity index (χ1) is 14.9. The van der Waals surface area contributed by atoms with E-state index in [0.717, 1.165) is 67.5 Å². The van der Waals surface area contributed by atoms with Crippen molar-refractivity contribution in [3.63, 3.8) is 0 Å². The Morgan fingerprint density at radius 3 is 2.58 bits per heavy atom. The number of amides is 1. The summed E-state index contributed by atoms with van der Waals surface area (Å²) in [6, 6.07) is 8.54. The average Bonchev–Trinajstić information content (AvgIpc) is 2.75. The van der Waals surface area contributed by atoms with Crippen LogP contribution in [0.4, 0.5) is 5.82 Å². The molecule has 1 aliphatic carbocycles. The Morgan fingerprint density at radius 1 is 1.16 bits per heavy atom. The standard InChI is InChI=1S/C24H33N5O2/c1-15-18-7-3-4-8-19(18)28-24(22(15)23(25)26-16(2)30)29-13-11-17(12-14-29)27-20-9-5-6-10-21(20)31/h3-4,7-8,17,20-21,27,31H,5-6,9-14H2,1-2H3,(H2,25,26,30)/t20?,21-/m0/s1. The van der Waals surface area contributed by atoms with Gasteiger partial charge in [0.2, 0.25) is 5.91 Å². The predicted molar refractivity (Wildman–Crippen MR) is 124 cm³/mol. The number of nitrogens with zero attached hydrogens (tertiary/aromatic N) is 2. The molecule has 1 aromatic heterocycles. The topological polar surface area (TPSA) is 101 Å². The summed E-state index contributed by atoms with van der Waals surface area (Å²) in [5.41, 5.74) is 2.56. The molecule has 2 aliphatic rings. The number of rotatable bonds is 4. The van der Waals surface area contributed by atoms with Crippen molar-refractivity contribution in [2.45, 2.75) is 70.6 Å². The van der Waals surface area contributed by atoms with Crippen LogP contribution in [0.5, 0.6) is 0 Å². The quantitative estimate of drug-likeness (QED) is 0.447. The number of piperidine rings is 1. The van der Waals surface area contributed by atoms with E-state index in [4.69, 9.17) is 10.4 Å². The van der Waals surface area contributed by atoms with Gasteiger partial charge in [-0.2, -0.15) is 0 Å². The minimum absolute atomic E-state index is 0.101. The lowest BCUT2D eigenvalue weighted by Gasteiger charge is -2.38. The number of amidine groups is 1. The van der Waals surface area contributed by atoms with Crippen molar-refractivity contribution < 1.29 is 9.90 Å². The van der Waals surface area contributed by atoms with E-state index in [1.807, 2.05) is 31.2 Å². The number of fused-ring (bicyclic) bond motifs is 1. The van der Waals surface area contributed by atoms with Crippen LogP contribution < -0.4 is 15.5 Å². The molecule has 1 unspecified atom stereocenters. The number of pyridine rings is 1. The molecule has 2 heterocycles. The molecule has 0 spiro atoms.